The number of nitrogens with one attached hydrogen (secondary N) is 1. The number of nitro benzene ring substituents is 1. The van der Waals surface area contributed by atoms with Gasteiger partial charge in [0.25, 0.3) is 5.69 Å². The van der Waals surface area contributed by atoms with Crippen molar-refractivity contribution < 1.29 is 14.5 Å². The van der Waals surface area contributed by atoms with Crippen LogP contribution in [0.4, 0.5) is 11.4 Å². The first kappa shape index (κ1) is 16.8. The Morgan fingerprint density at radius 2 is 2.09 bits per heavy atom. The van der Waals surface area contributed by atoms with Gasteiger partial charge in [-0.05, 0) is 36.8 Å². The third-order valence-electron chi connectivity index (χ3n) is 3.01. The van der Waals surface area contributed by atoms with Crippen LogP contribution >= 0.6 is 11.6 Å². The molecule has 0 bridgehead atoms. The lowest BCUT2D eigenvalue weighted by molar-refractivity contribution is -0.384. The highest BCUT2D eigenvalue weighted by Gasteiger charge is 2.13. The van der Waals surface area contributed by atoms with Crippen molar-refractivity contribution in [3.05, 3.63) is 63.2 Å². The molecule has 23 heavy (non-hydrogen) atoms. The summed E-state index contributed by atoms with van der Waals surface area (Å²) in [5.41, 5.74) is 1.14. The number of carbonyl (C=O) groups is 1. The molecule has 120 valence electrons. The lowest BCUT2D eigenvalue weighted by Gasteiger charge is -2.08. The summed E-state index contributed by atoms with van der Waals surface area (Å²) in [4.78, 5) is 22.0. The minimum atomic E-state index is -0.598. The average molecular weight is 335 g/mol. The summed E-state index contributed by atoms with van der Waals surface area (Å²) in [5, 5.41) is 13.4. The summed E-state index contributed by atoms with van der Waals surface area (Å²) in [6.45, 7) is 2.16. The number of nitrogens with zero attached hydrogens (tertiary/aromatic N) is 1. The molecule has 0 fully saturated rings. The number of aryl methyl sites for hydroxylation is 1. The number of nitro groups is 1. The third-order valence-corrected chi connectivity index (χ3v) is 3.33. The molecule has 0 spiro atoms. The maximum absolute atomic E-state index is 11.8. The highest BCUT2D eigenvalue weighted by molar-refractivity contribution is 6.32. The molecule has 2 rings (SSSR count). The fourth-order valence-corrected chi connectivity index (χ4v) is 2.11. The Hall–Kier alpha value is -2.60. The van der Waals surface area contributed by atoms with E-state index in [0.717, 1.165) is 5.56 Å². The van der Waals surface area contributed by atoms with Gasteiger partial charge in [-0.25, -0.2) is 0 Å². The number of carbonyl (C=O) groups excluding carboxylic acids is 1. The van der Waals surface area contributed by atoms with Crippen molar-refractivity contribution in [1.29, 1.82) is 0 Å². The molecule has 1 N–H and O–H groups in total. The molecule has 7 heteroatoms. The van der Waals surface area contributed by atoms with Crippen molar-refractivity contribution in [3.63, 3.8) is 0 Å². The maximum atomic E-state index is 11.8. The zero-order chi connectivity index (χ0) is 16.8. The summed E-state index contributed by atoms with van der Waals surface area (Å²) in [6, 6.07) is 11.6. The highest BCUT2D eigenvalue weighted by Crippen LogP contribution is 2.27. The van der Waals surface area contributed by atoms with Gasteiger partial charge in [-0.2, -0.15) is 0 Å². The Morgan fingerprint density at radius 3 is 2.78 bits per heavy atom. The van der Waals surface area contributed by atoms with E-state index in [1.165, 1.54) is 18.2 Å². The van der Waals surface area contributed by atoms with E-state index in [0.29, 0.717) is 11.4 Å². The second kappa shape index (κ2) is 7.60. The number of amides is 1. The first-order valence-corrected chi connectivity index (χ1v) is 7.27. The van der Waals surface area contributed by atoms with Gasteiger partial charge in [0.2, 0.25) is 5.91 Å². The second-order valence-corrected chi connectivity index (χ2v) is 5.29. The summed E-state index contributed by atoms with van der Waals surface area (Å²) >= 11 is 5.72. The number of ether oxygens (including phenoxy) is 1. The molecule has 2 aromatic carbocycles. The fourth-order valence-electron chi connectivity index (χ4n) is 1.92. The third kappa shape index (κ3) is 4.96. The van der Waals surface area contributed by atoms with Crippen LogP contribution in [0.25, 0.3) is 0 Å². The van der Waals surface area contributed by atoms with Crippen LogP contribution in [-0.2, 0) is 4.79 Å². The van der Waals surface area contributed by atoms with Crippen LogP contribution in [0.15, 0.2) is 42.5 Å². The number of anilines is 1. The molecular weight excluding hydrogens is 320 g/mol. The molecule has 0 aliphatic heterocycles. The van der Waals surface area contributed by atoms with Crippen LogP contribution < -0.4 is 10.1 Å². The lowest BCUT2D eigenvalue weighted by Crippen LogP contribution is -2.15. The highest BCUT2D eigenvalue weighted by atomic mass is 35.5. The summed E-state index contributed by atoms with van der Waals surface area (Å²) in [6.07, 6.45) is 0.129. The average Bonchev–Trinajstić information content (AvgIpc) is 2.49. The van der Waals surface area contributed by atoms with Crippen molar-refractivity contribution in [2.24, 2.45) is 0 Å². The standard InChI is InChI=1S/C16H15ClN2O4/c1-11-3-2-4-13(9-11)23-8-7-16(20)18-12-5-6-14(17)15(10-12)19(21)22/h2-6,9-10H,7-8H2,1H3,(H,18,20). The van der Waals surface area contributed by atoms with E-state index in [2.05, 4.69) is 5.32 Å². The monoisotopic (exact) mass is 334 g/mol. The van der Waals surface area contributed by atoms with Crippen LogP contribution in [0.2, 0.25) is 5.02 Å². The zero-order valence-corrected chi connectivity index (χ0v) is 13.2. The number of hydrogen-bond acceptors (Lipinski definition) is 4. The molecule has 0 saturated heterocycles. The number of rotatable bonds is 6. The molecule has 0 radical (unpaired) electrons. The molecule has 0 aliphatic rings. The molecule has 1 amide bonds. The van der Waals surface area contributed by atoms with Gasteiger partial charge in [0.1, 0.15) is 10.8 Å². The first-order valence-electron chi connectivity index (χ1n) is 6.89. The van der Waals surface area contributed by atoms with Crippen LogP contribution in [-0.4, -0.2) is 17.4 Å². The SMILES string of the molecule is Cc1cccc(OCCC(=O)Nc2ccc(Cl)c([N+](=O)[O-])c2)c1. The molecule has 0 aliphatic carbocycles. The van der Waals surface area contributed by atoms with E-state index in [1.807, 2.05) is 31.2 Å². The van der Waals surface area contributed by atoms with Gasteiger partial charge in [0, 0.05) is 11.8 Å². The molecule has 0 saturated carbocycles. The van der Waals surface area contributed by atoms with Gasteiger partial charge in [-0.3, -0.25) is 14.9 Å². The topological polar surface area (TPSA) is 81.5 Å². The van der Waals surface area contributed by atoms with Crippen LogP contribution in [0.1, 0.15) is 12.0 Å². The normalized spacial score (nSPS) is 10.2. The number of hydrogen-bond donors (Lipinski definition) is 1. The molecule has 0 atom stereocenters. The van der Waals surface area contributed by atoms with E-state index in [4.69, 9.17) is 16.3 Å². The molecule has 0 heterocycles. The Kier molecular flexibility index (Phi) is 5.54. The van der Waals surface area contributed by atoms with Gasteiger partial charge in [-0.1, -0.05) is 23.7 Å². The summed E-state index contributed by atoms with van der Waals surface area (Å²) in [5.74, 6) is 0.397. The predicted octanol–water partition coefficient (Wildman–Crippen LogP) is 3.96. The van der Waals surface area contributed by atoms with E-state index in [1.54, 1.807) is 0 Å². The zero-order valence-electron chi connectivity index (χ0n) is 12.4. The van der Waals surface area contributed by atoms with Crippen molar-refractivity contribution >= 4 is 28.9 Å². The van der Waals surface area contributed by atoms with Gasteiger partial charge < -0.3 is 10.1 Å². The Labute approximate surface area is 138 Å². The smallest absolute Gasteiger partial charge is 0.289 e. The fraction of sp³-hybridized carbons (Fsp3) is 0.188. The minimum absolute atomic E-state index is 0.0239. The summed E-state index contributed by atoms with van der Waals surface area (Å²) < 4.78 is 5.49. The molecule has 6 nitrogen and oxygen atoms in total. The van der Waals surface area contributed by atoms with E-state index in [9.17, 15) is 14.9 Å². The Bertz CT molecular complexity index is 734. The molecule has 0 unspecified atom stereocenters. The molecule has 0 aromatic heterocycles. The number of halogens is 1. The van der Waals surface area contributed by atoms with E-state index >= 15 is 0 Å². The van der Waals surface area contributed by atoms with Gasteiger partial charge in [0.15, 0.2) is 0 Å². The maximum Gasteiger partial charge on any atom is 0.289 e. The van der Waals surface area contributed by atoms with Gasteiger partial charge in [0.05, 0.1) is 18.0 Å². The largest absolute Gasteiger partial charge is 0.493 e. The molecule has 2 aromatic rings. The van der Waals surface area contributed by atoms with Gasteiger partial charge >= 0.3 is 0 Å². The predicted molar refractivity (Wildman–Crippen MR) is 88.0 cm³/mol. The summed E-state index contributed by atoms with van der Waals surface area (Å²) in [7, 11) is 0. The van der Waals surface area contributed by atoms with Crippen molar-refractivity contribution in [3.8, 4) is 5.75 Å². The minimum Gasteiger partial charge on any atom is -0.493 e. The Morgan fingerprint density at radius 1 is 1.30 bits per heavy atom. The molecular formula is C16H15ClN2O4. The van der Waals surface area contributed by atoms with E-state index in [-0.39, 0.29) is 29.6 Å². The second-order valence-electron chi connectivity index (χ2n) is 4.89. The van der Waals surface area contributed by atoms with Crippen LogP contribution in [0, 0.1) is 17.0 Å². The van der Waals surface area contributed by atoms with Crippen molar-refractivity contribution in [2.45, 2.75) is 13.3 Å². The van der Waals surface area contributed by atoms with Crippen molar-refractivity contribution in [1.82, 2.24) is 0 Å². The quantitative estimate of drug-likeness (QED) is 0.640. The lowest BCUT2D eigenvalue weighted by atomic mass is 10.2. The Balaban J connectivity index is 1.87. The van der Waals surface area contributed by atoms with Crippen molar-refractivity contribution in [2.75, 3.05) is 11.9 Å². The van der Waals surface area contributed by atoms with Crippen LogP contribution in [0.5, 0.6) is 5.75 Å². The number of benzene rings is 2. The van der Waals surface area contributed by atoms with Gasteiger partial charge in [-0.15, -0.1) is 0 Å². The first-order chi connectivity index (χ1) is 11.0. The van der Waals surface area contributed by atoms with E-state index < -0.39 is 4.92 Å². The van der Waals surface area contributed by atoms with Crippen LogP contribution in [0.3, 0.4) is 0 Å².